The summed E-state index contributed by atoms with van der Waals surface area (Å²) in [6.45, 7) is 13.5. The third kappa shape index (κ3) is 11.5. The van der Waals surface area contributed by atoms with Gasteiger partial charge in [-0.3, -0.25) is 0 Å². The van der Waals surface area contributed by atoms with Crippen LogP contribution in [-0.4, -0.2) is 0 Å². The zero-order chi connectivity index (χ0) is 14.9. The molecule has 1 heterocycles. The molecule has 0 aliphatic rings. The van der Waals surface area contributed by atoms with Crippen molar-refractivity contribution in [3.8, 4) is 0 Å². The Hall–Kier alpha value is -1.59. The zero-order valence-corrected chi connectivity index (χ0v) is 12.4. The van der Waals surface area contributed by atoms with Gasteiger partial charge in [-0.2, -0.15) is 0 Å². The molecule has 1 aromatic carbocycles. The SMILES string of the molecule is C(=C\c1cccs1)/c1ccccc1.[C-]#[O+].[C-]#[O+].[C-]#[O+].[Cr]. The maximum Gasteiger partial charge on any atom is 0 e. The van der Waals surface area contributed by atoms with Crippen molar-refractivity contribution in [1.29, 1.82) is 0 Å². The molecule has 100 valence electrons. The van der Waals surface area contributed by atoms with E-state index < -0.39 is 0 Å². The molecular weight excluding hydrogens is 312 g/mol. The van der Waals surface area contributed by atoms with Crippen molar-refractivity contribution < 1.29 is 31.3 Å². The molecule has 2 rings (SSSR count). The Morgan fingerprint density at radius 3 is 1.75 bits per heavy atom. The van der Waals surface area contributed by atoms with E-state index in [0.717, 1.165) is 0 Å². The van der Waals surface area contributed by atoms with Gasteiger partial charge in [0.05, 0.1) is 0 Å². The molecule has 0 aliphatic carbocycles. The largest absolute Gasteiger partial charge is 0 e. The normalized spacial score (nSPS) is 7.30. The van der Waals surface area contributed by atoms with Gasteiger partial charge in [-0.05, 0) is 23.1 Å². The summed E-state index contributed by atoms with van der Waals surface area (Å²) in [7, 11) is 0. The molecule has 0 radical (unpaired) electrons. The quantitative estimate of drug-likeness (QED) is 0.596. The Bertz CT molecular complexity index is 485. The fourth-order valence-corrected chi connectivity index (χ4v) is 1.75. The van der Waals surface area contributed by atoms with E-state index in [1.54, 1.807) is 11.3 Å². The van der Waals surface area contributed by atoms with Crippen molar-refractivity contribution in [3.63, 3.8) is 0 Å². The van der Waals surface area contributed by atoms with Crippen LogP contribution in [0.4, 0.5) is 0 Å². The summed E-state index contributed by atoms with van der Waals surface area (Å²) >= 11 is 1.76. The minimum absolute atomic E-state index is 0. The van der Waals surface area contributed by atoms with Gasteiger partial charge in [0.1, 0.15) is 0 Å². The number of hydrogen-bond acceptors (Lipinski definition) is 1. The van der Waals surface area contributed by atoms with Crippen molar-refractivity contribution >= 4 is 23.5 Å². The van der Waals surface area contributed by atoms with Crippen LogP contribution >= 0.6 is 11.3 Å². The monoisotopic (exact) mass is 322 g/mol. The second-order valence-electron chi connectivity index (χ2n) is 2.76. The summed E-state index contributed by atoms with van der Waals surface area (Å²) in [6, 6.07) is 14.5. The Balaban J connectivity index is -0.000000368. The second kappa shape index (κ2) is 19.7. The summed E-state index contributed by atoms with van der Waals surface area (Å²) in [5.41, 5.74) is 1.25. The Morgan fingerprint density at radius 1 is 0.750 bits per heavy atom. The molecule has 0 saturated carbocycles. The predicted molar refractivity (Wildman–Crippen MR) is 71.5 cm³/mol. The van der Waals surface area contributed by atoms with Crippen LogP contribution in [0.15, 0.2) is 47.8 Å². The summed E-state index contributed by atoms with van der Waals surface area (Å²) < 4.78 is 22.5. The van der Waals surface area contributed by atoms with Crippen molar-refractivity contribution in [1.82, 2.24) is 0 Å². The molecule has 0 bridgehead atoms. The van der Waals surface area contributed by atoms with E-state index in [4.69, 9.17) is 14.0 Å². The molecule has 0 atom stereocenters. The molecule has 0 aliphatic heterocycles. The summed E-state index contributed by atoms with van der Waals surface area (Å²) in [5.74, 6) is 0. The van der Waals surface area contributed by atoms with Gasteiger partial charge in [0.25, 0.3) is 0 Å². The van der Waals surface area contributed by atoms with E-state index in [-0.39, 0.29) is 17.4 Å². The molecule has 3 nitrogen and oxygen atoms in total. The Labute approximate surface area is 133 Å². The van der Waals surface area contributed by atoms with E-state index in [9.17, 15) is 0 Å². The van der Waals surface area contributed by atoms with E-state index in [0.29, 0.717) is 0 Å². The van der Waals surface area contributed by atoms with Crippen LogP contribution in [0.5, 0.6) is 0 Å². The van der Waals surface area contributed by atoms with Crippen LogP contribution in [-0.2, 0) is 31.3 Å². The first-order chi connectivity index (χ1) is 9.45. The van der Waals surface area contributed by atoms with Gasteiger partial charge in [0.15, 0.2) is 0 Å². The van der Waals surface area contributed by atoms with Crippen molar-refractivity contribution in [3.05, 3.63) is 78.2 Å². The minimum atomic E-state index is 0. The van der Waals surface area contributed by atoms with Gasteiger partial charge in [-0.15, -0.1) is 11.3 Å². The van der Waals surface area contributed by atoms with Crippen molar-refractivity contribution in [2.45, 2.75) is 0 Å². The molecule has 0 amide bonds. The molecule has 20 heavy (non-hydrogen) atoms. The Kier molecular flexibility index (Phi) is 23.2. The Morgan fingerprint density at radius 2 is 1.30 bits per heavy atom. The van der Waals surface area contributed by atoms with Gasteiger partial charge < -0.3 is 0 Å². The average Bonchev–Trinajstić information content (AvgIpc) is 3.06. The van der Waals surface area contributed by atoms with Gasteiger partial charge >= 0.3 is 33.9 Å². The number of thiophene rings is 1. The zero-order valence-electron chi connectivity index (χ0n) is 10.3. The molecule has 0 fully saturated rings. The van der Waals surface area contributed by atoms with Crippen LogP contribution in [0, 0.1) is 20.0 Å². The first-order valence-corrected chi connectivity index (χ1v) is 5.71. The summed E-state index contributed by atoms with van der Waals surface area (Å²) in [5, 5.41) is 2.09. The average molecular weight is 322 g/mol. The van der Waals surface area contributed by atoms with E-state index in [2.05, 4.69) is 61.7 Å². The standard InChI is InChI=1S/C12H10S.3CO.Cr/c1-2-5-11(6-3-1)8-9-12-7-4-10-13-12;3*1-2;/h1-10H;;;;/b9-8+;;;;. The summed E-state index contributed by atoms with van der Waals surface area (Å²) in [4.78, 5) is 1.30. The molecule has 0 unspecified atom stereocenters. The van der Waals surface area contributed by atoms with E-state index in [1.807, 2.05) is 18.2 Å². The molecule has 0 spiro atoms. The van der Waals surface area contributed by atoms with Crippen molar-refractivity contribution in [2.24, 2.45) is 0 Å². The third-order valence-electron chi connectivity index (χ3n) is 1.78. The number of hydrogen-bond donors (Lipinski definition) is 0. The fourth-order valence-electron chi connectivity index (χ4n) is 1.13. The minimum Gasteiger partial charge on any atom is 0 e. The smallest absolute Gasteiger partial charge is 0 e. The third-order valence-corrected chi connectivity index (χ3v) is 2.62. The van der Waals surface area contributed by atoms with Gasteiger partial charge in [-0.25, -0.2) is 0 Å². The maximum absolute atomic E-state index is 7.50. The summed E-state index contributed by atoms with van der Waals surface area (Å²) in [6.07, 6.45) is 4.27. The number of rotatable bonds is 2. The van der Waals surface area contributed by atoms with Gasteiger partial charge in [0, 0.05) is 22.2 Å². The molecule has 2 aromatic rings. The topological polar surface area (TPSA) is 59.7 Å². The molecule has 0 saturated heterocycles. The first kappa shape index (κ1) is 23.5. The molecule has 0 N–H and O–H groups in total. The predicted octanol–water partition coefficient (Wildman–Crippen LogP) is 3.80. The molecular formula is C15H10CrO3S. The fraction of sp³-hybridized carbons (Fsp3) is 0. The van der Waals surface area contributed by atoms with Crippen LogP contribution in [0.2, 0.25) is 0 Å². The molecule has 1 aromatic heterocycles. The second-order valence-corrected chi connectivity index (χ2v) is 3.74. The first-order valence-electron chi connectivity index (χ1n) is 4.83. The maximum atomic E-state index is 7.50. The van der Waals surface area contributed by atoms with Crippen molar-refractivity contribution in [2.75, 3.05) is 0 Å². The van der Waals surface area contributed by atoms with Gasteiger partial charge in [0.2, 0.25) is 0 Å². The van der Waals surface area contributed by atoms with E-state index in [1.165, 1.54) is 10.4 Å². The molecule has 5 heteroatoms. The van der Waals surface area contributed by atoms with Gasteiger partial charge in [-0.1, -0.05) is 42.5 Å². The van der Waals surface area contributed by atoms with E-state index >= 15 is 0 Å². The van der Waals surface area contributed by atoms with Crippen LogP contribution in [0.1, 0.15) is 10.4 Å². The van der Waals surface area contributed by atoms with Crippen LogP contribution in [0.3, 0.4) is 0 Å². The van der Waals surface area contributed by atoms with Crippen LogP contribution in [0.25, 0.3) is 12.2 Å². The van der Waals surface area contributed by atoms with Crippen LogP contribution < -0.4 is 0 Å². The number of benzene rings is 1.